The summed E-state index contributed by atoms with van der Waals surface area (Å²) in [4.78, 5) is 22.1. The van der Waals surface area contributed by atoms with Gasteiger partial charge in [0.1, 0.15) is 6.29 Å². The molecule has 0 aliphatic carbocycles. The van der Waals surface area contributed by atoms with Gasteiger partial charge >= 0.3 is 0 Å². The predicted octanol–water partition coefficient (Wildman–Crippen LogP) is 5.14. The first-order valence-corrected chi connectivity index (χ1v) is 8.33. The molecule has 0 radical (unpaired) electrons. The van der Waals surface area contributed by atoms with Crippen molar-refractivity contribution in [3.63, 3.8) is 0 Å². The van der Waals surface area contributed by atoms with Gasteiger partial charge in [-0.1, -0.05) is 63.3 Å². The number of aldehydes is 1. The van der Waals surface area contributed by atoms with Crippen molar-refractivity contribution in [2.24, 2.45) is 0 Å². The molecule has 0 unspecified atom stereocenters. The molecule has 0 atom stereocenters. The van der Waals surface area contributed by atoms with Gasteiger partial charge < -0.3 is 4.79 Å². The molecular weight excluding hydrogens is 260 g/mol. The highest BCUT2D eigenvalue weighted by molar-refractivity contribution is 5.96. The van der Waals surface area contributed by atoms with Crippen LogP contribution in [0.4, 0.5) is 0 Å². The van der Waals surface area contributed by atoms with Gasteiger partial charge in [-0.25, -0.2) is 0 Å². The lowest BCUT2D eigenvalue weighted by Crippen LogP contribution is -1.99. The lowest BCUT2D eigenvalue weighted by molar-refractivity contribution is -0.107. The minimum atomic E-state index is 0.142. The molecule has 0 aliphatic heterocycles. The molecule has 2 nitrogen and oxygen atoms in total. The summed E-state index contributed by atoms with van der Waals surface area (Å²) in [7, 11) is 0. The molecule has 0 aliphatic rings. The van der Waals surface area contributed by atoms with E-state index in [1.54, 1.807) is 0 Å². The van der Waals surface area contributed by atoms with E-state index in [1.807, 2.05) is 12.1 Å². The summed E-state index contributed by atoms with van der Waals surface area (Å²) in [6.45, 7) is 2.24. The molecule has 21 heavy (non-hydrogen) atoms. The molecule has 1 aromatic rings. The van der Waals surface area contributed by atoms with Crippen LogP contribution in [0.5, 0.6) is 0 Å². The van der Waals surface area contributed by atoms with Crippen molar-refractivity contribution in [1.82, 2.24) is 0 Å². The molecule has 0 saturated carbocycles. The molecule has 0 amide bonds. The third-order valence-electron chi connectivity index (χ3n) is 3.82. The van der Waals surface area contributed by atoms with Crippen LogP contribution in [0.3, 0.4) is 0 Å². The Bertz CT molecular complexity index is 406. The Kier molecular flexibility index (Phi) is 9.43. The maximum atomic E-state index is 11.9. The number of unbranched alkanes of at least 4 members (excludes halogenated alkanes) is 6. The van der Waals surface area contributed by atoms with Crippen molar-refractivity contribution in [3.05, 3.63) is 35.4 Å². The van der Waals surface area contributed by atoms with Crippen LogP contribution in [0.25, 0.3) is 0 Å². The summed E-state index contributed by atoms with van der Waals surface area (Å²) in [5.41, 5.74) is 2.09. The Labute approximate surface area is 128 Å². The summed E-state index contributed by atoms with van der Waals surface area (Å²) in [5, 5.41) is 0. The summed E-state index contributed by atoms with van der Waals surface area (Å²) >= 11 is 0. The van der Waals surface area contributed by atoms with E-state index in [9.17, 15) is 9.59 Å². The molecule has 0 aromatic heterocycles. The molecule has 0 fully saturated rings. The van der Waals surface area contributed by atoms with Gasteiger partial charge in [-0.05, 0) is 24.8 Å². The van der Waals surface area contributed by atoms with E-state index in [1.165, 1.54) is 44.1 Å². The fraction of sp³-hybridized carbons (Fsp3) is 0.579. The second-order valence-corrected chi connectivity index (χ2v) is 5.70. The number of hydrogen-bond donors (Lipinski definition) is 0. The molecule has 0 N–H and O–H groups in total. The van der Waals surface area contributed by atoms with Gasteiger partial charge in [-0.15, -0.1) is 0 Å². The van der Waals surface area contributed by atoms with Gasteiger partial charge in [-0.3, -0.25) is 4.79 Å². The average Bonchev–Trinajstić information content (AvgIpc) is 2.51. The van der Waals surface area contributed by atoms with Gasteiger partial charge in [-0.2, -0.15) is 0 Å². The smallest absolute Gasteiger partial charge is 0.162 e. The number of benzene rings is 1. The average molecular weight is 288 g/mol. The first-order chi connectivity index (χ1) is 10.3. The molecule has 2 heteroatoms. The first kappa shape index (κ1) is 17.6. The number of carbonyl (C=O) groups excluding carboxylic acids is 2. The Hall–Kier alpha value is -1.44. The van der Waals surface area contributed by atoms with Crippen molar-refractivity contribution in [2.45, 2.75) is 71.1 Å². The third-order valence-corrected chi connectivity index (χ3v) is 3.82. The van der Waals surface area contributed by atoms with Gasteiger partial charge in [0.05, 0.1) is 0 Å². The lowest BCUT2D eigenvalue weighted by atomic mass is 10.0. The molecule has 0 bridgehead atoms. The van der Waals surface area contributed by atoms with Crippen molar-refractivity contribution in [1.29, 1.82) is 0 Å². The number of aryl methyl sites for hydroxylation is 1. The van der Waals surface area contributed by atoms with Crippen molar-refractivity contribution < 1.29 is 9.59 Å². The van der Waals surface area contributed by atoms with E-state index in [2.05, 4.69) is 19.1 Å². The number of Topliss-reactive ketones (excluding diaryl/α,β-unsaturated/α-hetero) is 1. The van der Waals surface area contributed by atoms with Gasteiger partial charge in [0.25, 0.3) is 0 Å². The fourth-order valence-electron chi connectivity index (χ4n) is 2.46. The van der Waals surface area contributed by atoms with Gasteiger partial charge in [0, 0.05) is 18.4 Å². The van der Waals surface area contributed by atoms with Crippen LogP contribution < -0.4 is 0 Å². The van der Waals surface area contributed by atoms with Crippen LogP contribution >= 0.6 is 0 Å². The van der Waals surface area contributed by atoms with E-state index in [0.29, 0.717) is 19.3 Å². The number of rotatable bonds is 12. The maximum absolute atomic E-state index is 11.9. The minimum Gasteiger partial charge on any atom is -0.303 e. The van der Waals surface area contributed by atoms with Crippen LogP contribution in [-0.2, 0) is 11.2 Å². The van der Waals surface area contributed by atoms with E-state index >= 15 is 0 Å². The first-order valence-electron chi connectivity index (χ1n) is 8.33. The number of carbonyl (C=O) groups is 2. The van der Waals surface area contributed by atoms with E-state index in [4.69, 9.17) is 0 Å². The highest BCUT2D eigenvalue weighted by Gasteiger charge is 2.05. The van der Waals surface area contributed by atoms with E-state index in [0.717, 1.165) is 18.3 Å². The summed E-state index contributed by atoms with van der Waals surface area (Å²) < 4.78 is 0. The van der Waals surface area contributed by atoms with Crippen LogP contribution in [-0.4, -0.2) is 12.1 Å². The van der Waals surface area contributed by atoms with Gasteiger partial charge in [0.2, 0.25) is 0 Å². The molecular formula is C19H28O2. The lowest BCUT2D eigenvalue weighted by Gasteiger charge is -2.04. The van der Waals surface area contributed by atoms with Crippen LogP contribution in [0.1, 0.15) is 80.6 Å². The third kappa shape index (κ3) is 7.79. The summed E-state index contributed by atoms with van der Waals surface area (Å²) in [6, 6.07) is 7.99. The second kappa shape index (κ2) is 11.2. The normalized spacial score (nSPS) is 10.5. The topological polar surface area (TPSA) is 34.1 Å². The van der Waals surface area contributed by atoms with Crippen molar-refractivity contribution in [3.8, 4) is 0 Å². The zero-order chi connectivity index (χ0) is 15.3. The Morgan fingerprint density at radius 1 is 0.952 bits per heavy atom. The Balaban J connectivity index is 2.26. The molecule has 1 aromatic carbocycles. The number of ketones is 1. The van der Waals surface area contributed by atoms with Crippen LogP contribution in [0.2, 0.25) is 0 Å². The quantitative estimate of drug-likeness (QED) is 0.303. The highest BCUT2D eigenvalue weighted by atomic mass is 16.1. The number of hydrogen-bond acceptors (Lipinski definition) is 2. The van der Waals surface area contributed by atoms with Crippen molar-refractivity contribution >= 4 is 12.1 Å². The largest absolute Gasteiger partial charge is 0.303 e. The van der Waals surface area contributed by atoms with Crippen LogP contribution in [0, 0.1) is 0 Å². The fourth-order valence-corrected chi connectivity index (χ4v) is 2.46. The molecule has 0 heterocycles. The Morgan fingerprint density at radius 2 is 1.62 bits per heavy atom. The molecule has 1 rings (SSSR count). The maximum Gasteiger partial charge on any atom is 0.162 e. The monoisotopic (exact) mass is 288 g/mol. The van der Waals surface area contributed by atoms with Gasteiger partial charge in [0.15, 0.2) is 5.78 Å². The zero-order valence-electron chi connectivity index (χ0n) is 13.3. The highest BCUT2D eigenvalue weighted by Crippen LogP contribution is 2.12. The Morgan fingerprint density at radius 3 is 2.29 bits per heavy atom. The molecule has 0 spiro atoms. The van der Waals surface area contributed by atoms with Crippen molar-refractivity contribution in [2.75, 3.05) is 0 Å². The predicted molar refractivity (Wildman–Crippen MR) is 87.8 cm³/mol. The zero-order valence-corrected chi connectivity index (χ0v) is 13.3. The summed E-state index contributed by atoms with van der Waals surface area (Å²) in [5.74, 6) is 0.142. The second-order valence-electron chi connectivity index (χ2n) is 5.70. The molecule has 0 saturated heterocycles. The van der Waals surface area contributed by atoms with E-state index in [-0.39, 0.29) is 5.78 Å². The van der Waals surface area contributed by atoms with Crippen LogP contribution in [0.15, 0.2) is 24.3 Å². The van der Waals surface area contributed by atoms with E-state index < -0.39 is 0 Å². The SMILES string of the molecule is CCCCCCCCc1ccc(C(=O)CCCC=O)cc1. The summed E-state index contributed by atoms with van der Waals surface area (Å²) in [6.07, 6.45) is 11.4. The standard InChI is InChI=1S/C19H28O2/c1-2-3-4-5-6-7-10-17-12-14-18(15-13-17)19(21)11-8-9-16-20/h12-16H,2-11H2,1H3. The minimum absolute atomic E-state index is 0.142. The molecule has 116 valence electrons.